The average Bonchev–Trinajstić information content (AvgIpc) is 2.97. The van der Waals surface area contributed by atoms with Crippen molar-refractivity contribution in [3.63, 3.8) is 0 Å². The summed E-state index contributed by atoms with van der Waals surface area (Å²) in [7, 11) is 0. The molecule has 0 radical (unpaired) electrons. The topological polar surface area (TPSA) is 114 Å². The molecule has 1 saturated heterocycles. The highest BCUT2D eigenvalue weighted by atomic mass is 32.2. The van der Waals surface area contributed by atoms with Gasteiger partial charge in [-0.2, -0.15) is 11.8 Å². The Labute approximate surface area is 129 Å². The molecule has 0 spiro atoms. The minimum absolute atomic E-state index is 0.406. The molecular weight excluding hydrogens is 294 g/mol. The van der Waals surface area contributed by atoms with E-state index in [1.54, 1.807) is 11.8 Å². The zero-order valence-electron chi connectivity index (χ0n) is 12.5. The van der Waals surface area contributed by atoms with Crippen LogP contribution in [-0.4, -0.2) is 52.8 Å². The summed E-state index contributed by atoms with van der Waals surface area (Å²) in [6.45, 7) is 4.69. The van der Waals surface area contributed by atoms with Gasteiger partial charge in [0.05, 0.1) is 0 Å². The second-order valence-corrected chi connectivity index (χ2v) is 6.98. The van der Waals surface area contributed by atoms with Crippen LogP contribution in [0.3, 0.4) is 0 Å². The van der Waals surface area contributed by atoms with Crippen molar-refractivity contribution in [1.82, 2.24) is 10.9 Å². The van der Waals surface area contributed by atoms with Crippen LogP contribution < -0.4 is 16.6 Å². The van der Waals surface area contributed by atoms with Crippen LogP contribution in [0.4, 0.5) is 0 Å². The molecule has 21 heavy (non-hydrogen) atoms. The lowest BCUT2D eigenvalue weighted by Gasteiger charge is -2.19. The minimum Gasteiger partial charge on any atom is -0.382 e. The van der Waals surface area contributed by atoms with Gasteiger partial charge in [0.15, 0.2) is 0 Å². The Morgan fingerprint density at radius 1 is 1.43 bits per heavy atom. The Bertz CT molecular complexity index is 348. The maximum Gasteiger partial charge on any atom is 0.268 e. The molecule has 0 aromatic rings. The van der Waals surface area contributed by atoms with E-state index >= 15 is 0 Å². The lowest BCUT2D eigenvalue weighted by molar-refractivity contribution is -0.138. The fourth-order valence-electron chi connectivity index (χ4n) is 1.85. The number of carbonyl (C=O) groups is 2. The molecule has 8 heteroatoms. The Morgan fingerprint density at radius 3 is 2.71 bits per heavy atom. The van der Waals surface area contributed by atoms with Crippen LogP contribution in [0.5, 0.6) is 0 Å². The number of nitrogens with two attached hydrogens (primary N) is 1. The van der Waals surface area contributed by atoms with Crippen molar-refractivity contribution in [3.8, 4) is 0 Å². The Kier molecular flexibility index (Phi) is 8.02. The molecule has 1 aliphatic rings. The Balaban J connectivity index is 2.24. The zero-order chi connectivity index (χ0) is 15.8. The lowest BCUT2D eigenvalue weighted by atomic mass is 10.1. The molecule has 1 fully saturated rings. The summed E-state index contributed by atoms with van der Waals surface area (Å²) in [5, 5.41) is 10.3. The number of nitrogens with one attached hydrogen (secondary N) is 2. The molecule has 7 nitrogen and oxygen atoms in total. The van der Waals surface area contributed by atoms with Crippen molar-refractivity contribution in [3.05, 3.63) is 0 Å². The number of thioether (sulfide) groups is 1. The summed E-state index contributed by atoms with van der Waals surface area (Å²) in [4.78, 5) is 23.3. The van der Waals surface area contributed by atoms with E-state index < -0.39 is 30.1 Å². The quantitative estimate of drug-likeness (QED) is 0.472. The van der Waals surface area contributed by atoms with Gasteiger partial charge in [-0.25, -0.2) is 0 Å². The van der Waals surface area contributed by atoms with E-state index in [-0.39, 0.29) is 0 Å². The average molecular weight is 319 g/mol. The van der Waals surface area contributed by atoms with Gasteiger partial charge in [-0.05, 0) is 30.3 Å². The van der Waals surface area contributed by atoms with E-state index in [1.165, 1.54) is 0 Å². The van der Waals surface area contributed by atoms with Crippen LogP contribution in [0.2, 0.25) is 0 Å². The molecule has 3 atom stereocenters. The summed E-state index contributed by atoms with van der Waals surface area (Å²) in [6.07, 6.45) is 0.113. The molecule has 0 aliphatic carbocycles. The third-order valence-corrected chi connectivity index (χ3v) is 4.25. The molecule has 1 heterocycles. The Hall–Kier alpha value is -0.830. The van der Waals surface area contributed by atoms with Crippen molar-refractivity contribution < 1.29 is 19.4 Å². The van der Waals surface area contributed by atoms with Crippen LogP contribution in [-0.2, 0) is 14.3 Å². The van der Waals surface area contributed by atoms with Gasteiger partial charge in [0.25, 0.3) is 11.8 Å². The third-order valence-electron chi connectivity index (χ3n) is 3.11. The monoisotopic (exact) mass is 319 g/mol. The van der Waals surface area contributed by atoms with Gasteiger partial charge in [0, 0.05) is 12.6 Å². The molecule has 2 amide bonds. The van der Waals surface area contributed by atoms with E-state index in [1.807, 2.05) is 0 Å². The number of ether oxygens (including phenoxy) is 1. The number of aliphatic hydroxyl groups is 1. The number of carbonyl (C=O) groups excluding carboxylic acids is 2. The van der Waals surface area contributed by atoms with Gasteiger partial charge in [0.1, 0.15) is 12.2 Å². The SMILES string of the molecule is CC(C)SCCC(N)C(O)C(=O)NNC(=O)C1CCCO1. The van der Waals surface area contributed by atoms with Crippen LogP contribution in [0.25, 0.3) is 0 Å². The smallest absolute Gasteiger partial charge is 0.268 e. The van der Waals surface area contributed by atoms with Gasteiger partial charge < -0.3 is 15.6 Å². The molecule has 3 unspecified atom stereocenters. The number of rotatable bonds is 7. The van der Waals surface area contributed by atoms with E-state index in [0.29, 0.717) is 24.7 Å². The molecule has 0 bridgehead atoms. The third kappa shape index (κ3) is 6.64. The zero-order valence-corrected chi connectivity index (χ0v) is 13.3. The van der Waals surface area contributed by atoms with Crippen LogP contribution in [0, 0.1) is 0 Å². The van der Waals surface area contributed by atoms with Crippen LogP contribution >= 0.6 is 11.8 Å². The second-order valence-electron chi connectivity index (χ2n) is 5.30. The molecular formula is C13H25N3O4S. The summed E-state index contributed by atoms with van der Waals surface area (Å²) >= 11 is 1.71. The van der Waals surface area contributed by atoms with E-state index in [2.05, 4.69) is 24.7 Å². The first-order chi connectivity index (χ1) is 9.91. The molecule has 5 N–H and O–H groups in total. The number of hydrogen-bond donors (Lipinski definition) is 4. The highest BCUT2D eigenvalue weighted by Crippen LogP contribution is 2.12. The van der Waals surface area contributed by atoms with Gasteiger partial charge >= 0.3 is 0 Å². The minimum atomic E-state index is -1.34. The van der Waals surface area contributed by atoms with Gasteiger partial charge in [0.2, 0.25) is 0 Å². The largest absolute Gasteiger partial charge is 0.382 e. The van der Waals surface area contributed by atoms with E-state index in [4.69, 9.17) is 10.5 Å². The predicted octanol–water partition coefficient (Wildman–Crippen LogP) is -0.467. The highest BCUT2D eigenvalue weighted by molar-refractivity contribution is 7.99. The van der Waals surface area contributed by atoms with Crippen LogP contribution in [0.1, 0.15) is 33.1 Å². The summed E-state index contributed by atoms with van der Waals surface area (Å²) in [5.74, 6) is -0.341. The normalized spacial score (nSPS) is 21.1. The second kappa shape index (κ2) is 9.24. The van der Waals surface area contributed by atoms with Gasteiger partial charge in [-0.1, -0.05) is 13.8 Å². The maximum atomic E-state index is 11.7. The summed E-state index contributed by atoms with van der Waals surface area (Å²) in [5.41, 5.74) is 10.2. The van der Waals surface area contributed by atoms with E-state index in [9.17, 15) is 14.7 Å². The molecule has 1 aliphatic heterocycles. The van der Waals surface area contributed by atoms with Crippen molar-refractivity contribution in [2.75, 3.05) is 12.4 Å². The molecule has 0 aromatic heterocycles. The maximum absolute atomic E-state index is 11.7. The van der Waals surface area contributed by atoms with E-state index in [0.717, 1.165) is 12.2 Å². The molecule has 0 saturated carbocycles. The Morgan fingerprint density at radius 2 is 2.14 bits per heavy atom. The number of amides is 2. The van der Waals surface area contributed by atoms with Gasteiger partial charge in [-0.3, -0.25) is 20.4 Å². The van der Waals surface area contributed by atoms with Crippen molar-refractivity contribution in [2.24, 2.45) is 5.73 Å². The molecule has 122 valence electrons. The van der Waals surface area contributed by atoms with Crippen molar-refractivity contribution in [2.45, 2.75) is 56.6 Å². The number of aliphatic hydroxyl groups excluding tert-OH is 1. The first kappa shape index (κ1) is 18.2. The lowest BCUT2D eigenvalue weighted by Crippen LogP contribution is -2.53. The summed E-state index contributed by atoms with van der Waals surface area (Å²) < 4.78 is 5.18. The molecule has 0 aromatic carbocycles. The fourth-order valence-corrected chi connectivity index (χ4v) is 2.73. The first-order valence-corrected chi connectivity index (χ1v) is 8.23. The standard InChI is InChI=1S/C13H25N3O4S/c1-8(2)21-7-5-9(14)11(17)13(19)16-15-12(18)10-4-3-6-20-10/h8-11,17H,3-7,14H2,1-2H3,(H,15,18)(H,16,19). The van der Waals surface area contributed by atoms with Crippen molar-refractivity contribution in [1.29, 1.82) is 0 Å². The highest BCUT2D eigenvalue weighted by Gasteiger charge is 2.26. The van der Waals surface area contributed by atoms with Crippen molar-refractivity contribution >= 4 is 23.6 Å². The fraction of sp³-hybridized carbons (Fsp3) is 0.846. The summed E-state index contributed by atoms with van der Waals surface area (Å²) in [6, 6.07) is -0.657. The van der Waals surface area contributed by atoms with Gasteiger partial charge in [-0.15, -0.1) is 0 Å². The van der Waals surface area contributed by atoms with Crippen LogP contribution in [0.15, 0.2) is 0 Å². The first-order valence-electron chi connectivity index (χ1n) is 7.18. The predicted molar refractivity (Wildman–Crippen MR) is 81.5 cm³/mol. The molecule has 1 rings (SSSR count). The number of hydrazine groups is 1. The number of hydrogen-bond acceptors (Lipinski definition) is 6.